The lowest BCUT2D eigenvalue weighted by atomic mass is 10.2. The van der Waals surface area contributed by atoms with E-state index in [4.69, 9.17) is 5.73 Å². The van der Waals surface area contributed by atoms with Crippen LogP contribution in [0.2, 0.25) is 0 Å². The Morgan fingerprint density at radius 2 is 2.26 bits per heavy atom. The van der Waals surface area contributed by atoms with E-state index in [0.717, 1.165) is 12.0 Å². The van der Waals surface area contributed by atoms with Crippen LogP contribution in [0, 0.1) is 6.92 Å². The molecule has 2 N–H and O–H groups in total. The molecule has 19 heavy (non-hydrogen) atoms. The number of ether oxygens (including phenoxy) is 1. The summed E-state index contributed by atoms with van der Waals surface area (Å²) in [7, 11) is 3.18. The zero-order chi connectivity index (χ0) is 14.0. The fourth-order valence-corrected chi connectivity index (χ4v) is 1.95. The van der Waals surface area contributed by atoms with Crippen LogP contribution in [0.5, 0.6) is 0 Å². The monoisotopic (exact) mass is 263 g/mol. The molecule has 7 heteroatoms. The van der Waals surface area contributed by atoms with Crippen molar-refractivity contribution in [3.8, 4) is 0 Å². The molecule has 0 radical (unpaired) electrons. The lowest BCUT2D eigenvalue weighted by Gasteiger charge is -2.06. The van der Waals surface area contributed by atoms with Crippen molar-refractivity contribution >= 4 is 11.8 Å². The van der Waals surface area contributed by atoms with Gasteiger partial charge in [-0.05, 0) is 18.9 Å². The molecule has 0 saturated carbocycles. The smallest absolute Gasteiger partial charge is 0.360 e. The molecule has 7 nitrogen and oxygen atoms in total. The minimum Gasteiger partial charge on any atom is -0.464 e. The predicted octanol–water partition coefficient (Wildman–Crippen LogP) is 0.537. The highest BCUT2D eigenvalue weighted by molar-refractivity contribution is 5.92. The molecule has 2 rings (SSSR count). The summed E-state index contributed by atoms with van der Waals surface area (Å²) < 4.78 is 8.20. The quantitative estimate of drug-likeness (QED) is 0.813. The minimum atomic E-state index is -0.513. The summed E-state index contributed by atoms with van der Waals surface area (Å²) in [6, 6.07) is 0. The number of aromatic nitrogens is 4. The van der Waals surface area contributed by atoms with Gasteiger partial charge in [0.05, 0.1) is 13.3 Å². The van der Waals surface area contributed by atoms with Crippen LogP contribution >= 0.6 is 0 Å². The third-order valence-electron chi connectivity index (χ3n) is 2.96. The predicted molar refractivity (Wildman–Crippen MR) is 69.6 cm³/mol. The molecule has 0 aliphatic heterocycles. The average Bonchev–Trinajstić information content (AvgIpc) is 2.91. The van der Waals surface area contributed by atoms with Crippen LogP contribution in [0.1, 0.15) is 21.9 Å². The standard InChI is InChI=1S/C12H17N5O2/c1-8-15-10(12(18)19-3)11(13)17(8)5-4-9-6-14-16(2)7-9/h6-7H,4-5,13H2,1-3H3. The highest BCUT2D eigenvalue weighted by atomic mass is 16.5. The van der Waals surface area contributed by atoms with E-state index in [1.807, 2.05) is 26.4 Å². The van der Waals surface area contributed by atoms with Crippen LogP contribution in [-0.4, -0.2) is 32.4 Å². The van der Waals surface area contributed by atoms with Gasteiger partial charge >= 0.3 is 5.97 Å². The fourth-order valence-electron chi connectivity index (χ4n) is 1.95. The maximum atomic E-state index is 11.5. The lowest BCUT2D eigenvalue weighted by molar-refractivity contribution is 0.0595. The number of imidazole rings is 1. The van der Waals surface area contributed by atoms with Gasteiger partial charge in [0.2, 0.25) is 0 Å². The maximum absolute atomic E-state index is 11.5. The highest BCUT2D eigenvalue weighted by Gasteiger charge is 2.18. The molecule has 2 aromatic heterocycles. The summed E-state index contributed by atoms with van der Waals surface area (Å²) in [4.78, 5) is 15.6. The Bertz CT molecular complexity index is 599. The van der Waals surface area contributed by atoms with Crippen LogP contribution in [0.15, 0.2) is 12.4 Å². The Morgan fingerprint density at radius 3 is 2.84 bits per heavy atom. The van der Waals surface area contributed by atoms with Crippen LogP contribution in [0.3, 0.4) is 0 Å². The average molecular weight is 263 g/mol. The first-order valence-electron chi connectivity index (χ1n) is 5.91. The van der Waals surface area contributed by atoms with Crippen molar-refractivity contribution in [3.05, 3.63) is 29.5 Å². The van der Waals surface area contributed by atoms with Gasteiger partial charge in [0.15, 0.2) is 5.69 Å². The van der Waals surface area contributed by atoms with Gasteiger partial charge in [-0.25, -0.2) is 9.78 Å². The molecule has 0 unspecified atom stereocenters. The van der Waals surface area contributed by atoms with Crippen molar-refractivity contribution in [1.29, 1.82) is 0 Å². The van der Waals surface area contributed by atoms with Gasteiger partial charge in [0, 0.05) is 19.8 Å². The fraction of sp³-hybridized carbons (Fsp3) is 0.417. The summed E-state index contributed by atoms with van der Waals surface area (Å²) in [5.74, 6) is 0.524. The maximum Gasteiger partial charge on any atom is 0.360 e. The summed E-state index contributed by atoms with van der Waals surface area (Å²) in [5, 5.41) is 4.11. The van der Waals surface area contributed by atoms with Crippen LogP contribution in [-0.2, 0) is 24.8 Å². The van der Waals surface area contributed by atoms with Crippen LogP contribution in [0.25, 0.3) is 0 Å². The van der Waals surface area contributed by atoms with Crippen molar-refractivity contribution in [2.75, 3.05) is 12.8 Å². The molecule has 2 aromatic rings. The van der Waals surface area contributed by atoms with Crippen molar-refractivity contribution < 1.29 is 9.53 Å². The Kier molecular flexibility index (Phi) is 3.55. The topological polar surface area (TPSA) is 88.0 Å². The normalized spacial score (nSPS) is 10.7. The lowest BCUT2D eigenvalue weighted by Crippen LogP contribution is -2.10. The number of anilines is 1. The summed E-state index contributed by atoms with van der Waals surface area (Å²) >= 11 is 0. The Labute approximate surface area is 111 Å². The van der Waals surface area contributed by atoms with Gasteiger partial charge < -0.3 is 15.0 Å². The third kappa shape index (κ3) is 2.59. The Morgan fingerprint density at radius 1 is 1.53 bits per heavy atom. The third-order valence-corrected chi connectivity index (χ3v) is 2.96. The molecular formula is C12H17N5O2. The number of carbonyl (C=O) groups is 1. The molecule has 0 aromatic carbocycles. The Hall–Kier alpha value is -2.31. The SMILES string of the molecule is COC(=O)c1nc(C)n(CCc2cnn(C)c2)c1N. The van der Waals surface area contributed by atoms with Gasteiger partial charge in [-0.2, -0.15) is 5.10 Å². The molecular weight excluding hydrogens is 246 g/mol. The van der Waals surface area contributed by atoms with Gasteiger partial charge in [0.25, 0.3) is 0 Å². The van der Waals surface area contributed by atoms with Gasteiger partial charge in [-0.3, -0.25) is 4.68 Å². The molecule has 0 aliphatic rings. The van der Waals surface area contributed by atoms with Crippen LogP contribution < -0.4 is 5.73 Å². The zero-order valence-corrected chi connectivity index (χ0v) is 11.3. The number of carbonyl (C=O) groups excluding carboxylic acids is 1. The molecule has 0 bridgehead atoms. The Balaban J connectivity index is 2.16. The second kappa shape index (κ2) is 5.13. The number of rotatable bonds is 4. The van der Waals surface area contributed by atoms with Crippen molar-refractivity contribution in [1.82, 2.24) is 19.3 Å². The van der Waals surface area contributed by atoms with E-state index in [9.17, 15) is 4.79 Å². The first kappa shape index (κ1) is 13.1. The first-order valence-corrected chi connectivity index (χ1v) is 5.91. The number of hydrogen-bond donors (Lipinski definition) is 1. The molecule has 102 valence electrons. The summed E-state index contributed by atoms with van der Waals surface area (Å²) in [5.41, 5.74) is 7.21. The number of nitrogens with zero attached hydrogens (tertiary/aromatic N) is 4. The molecule has 0 amide bonds. The molecule has 0 atom stereocenters. The molecule has 0 saturated heterocycles. The van der Waals surface area contributed by atoms with Gasteiger partial charge in [0.1, 0.15) is 11.6 Å². The van der Waals surface area contributed by atoms with Crippen molar-refractivity contribution in [2.45, 2.75) is 19.9 Å². The summed E-state index contributed by atoms with van der Waals surface area (Å²) in [6.07, 6.45) is 4.53. The second-order valence-corrected chi connectivity index (χ2v) is 4.31. The number of hydrogen-bond acceptors (Lipinski definition) is 5. The number of methoxy groups -OCH3 is 1. The van der Waals surface area contributed by atoms with Gasteiger partial charge in [-0.1, -0.05) is 0 Å². The van der Waals surface area contributed by atoms with E-state index in [2.05, 4.69) is 14.8 Å². The first-order chi connectivity index (χ1) is 9.02. The van der Waals surface area contributed by atoms with E-state index in [1.165, 1.54) is 7.11 Å². The summed E-state index contributed by atoms with van der Waals surface area (Å²) in [6.45, 7) is 2.46. The van der Waals surface area contributed by atoms with Crippen molar-refractivity contribution in [2.24, 2.45) is 7.05 Å². The number of nitrogens with two attached hydrogens (primary N) is 1. The molecule has 2 heterocycles. The molecule has 0 fully saturated rings. The number of nitrogen functional groups attached to an aromatic ring is 1. The largest absolute Gasteiger partial charge is 0.464 e. The van der Waals surface area contributed by atoms with Crippen molar-refractivity contribution in [3.63, 3.8) is 0 Å². The van der Waals surface area contributed by atoms with E-state index >= 15 is 0 Å². The van der Waals surface area contributed by atoms with E-state index in [0.29, 0.717) is 18.2 Å². The van der Waals surface area contributed by atoms with Crippen LogP contribution in [0.4, 0.5) is 5.82 Å². The van der Waals surface area contributed by atoms with E-state index in [1.54, 1.807) is 9.25 Å². The number of esters is 1. The van der Waals surface area contributed by atoms with Gasteiger partial charge in [-0.15, -0.1) is 0 Å². The molecule has 0 spiro atoms. The van der Waals surface area contributed by atoms with E-state index < -0.39 is 5.97 Å². The second-order valence-electron chi connectivity index (χ2n) is 4.31. The number of aryl methyl sites for hydroxylation is 3. The van der Waals surface area contributed by atoms with E-state index in [-0.39, 0.29) is 5.69 Å². The molecule has 0 aliphatic carbocycles. The minimum absolute atomic E-state index is 0.172. The highest BCUT2D eigenvalue weighted by Crippen LogP contribution is 2.16. The zero-order valence-electron chi connectivity index (χ0n) is 11.3.